The lowest BCUT2D eigenvalue weighted by molar-refractivity contribution is -0.385. The molecule has 0 aromatic heterocycles. The lowest BCUT2D eigenvalue weighted by Crippen LogP contribution is -2.27. The van der Waals surface area contributed by atoms with Gasteiger partial charge in [0.1, 0.15) is 5.75 Å². The van der Waals surface area contributed by atoms with Crippen molar-refractivity contribution in [3.05, 3.63) is 27.8 Å². The molecule has 0 unspecified atom stereocenters. The van der Waals surface area contributed by atoms with E-state index in [1.54, 1.807) is 13.8 Å². The summed E-state index contributed by atoms with van der Waals surface area (Å²) in [4.78, 5) is 22.3. The monoisotopic (exact) mass is 236 g/mol. The Morgan fingerprint density at radius 3 is 2.59 bits per heavy atom. The number of ether oxygens (including phenoxy) is 1. The third-order valence-corrected chi connectivity index (χ3v) is 2.99. The smallest absolute Gasteiger partial charge is 0.276 e. The van der Waals surface area contributed by atoms with Crippen LogP contribution in [0.25, 0.3) is 0 Å². The van der Waals surface area contributed by atoms with Crippen LogP contribution in [-0.4, -0.2) is 17.9 Å². The number of nitro groups is 1. The molecule has 90 valence electrons. The van der Waals surface area contributed by atoms with Crippen molar-refractivity contribution in [2.75, 3.05) is 12.4 Å². The Balaban J connectivity index is 2.77. The highest BCUT2D eigenvalue weighted by Gasteiger charge is 2.45. The second-order valence-electron chi connectivity index (χ2n) is 4.37. The van der Waals surface area contributed by atoms with Gasteiger partial charge in [-0.3, -0.25) is 14.9 Å². The van der Waals surface area contributed by atoms with E-state index in [1.165, 1.54) is 19.2 Å². The molecule has 17 heavy (non-hydrogen) atoms. The molecule has 0 fully saturated rings. The van der Waals surface area contributed by atoms with E-state index in [0.717, 1.165) is 0 Å². The van der Waals surface area contributed by atoms with Gasteiger partial charge in [-0.15, -0.1) is 0 Å². The Morgan fingerprint density at radius 2 is 2.06 bits per heavy atom. The number of carbonyl (C=O) groups is 1. The Kier molecular flexibility index (Phi) is 2.30. The fraction of sp³-hybridized carbons (Fsp3) is 0.364. The molecule has 1 aromatic rings. The largest absolute Gasteiger partial charge is 0.495 e. The summed E-state index contributed by atoms with van der Waals surface area (Å²) < 4.78 is 5.10. The van der Waals surface area contributed by atoms with Gasteiger partial charge in [0.15, 0.2) is 0 Å². The average Bonchev–Trinajstić information content (AvgIpc) is 2.49. The lowest BCUT2D eigenvalue weighted by Gasteiger charge is -2.15. The standard InChI is InChI=1S/C11H12N2O4/c1-11(2)8-6(13(15)16)4-5-7(17-3)9(8)12-10(11)14/h4-5H,1-3H3,(H,12,14). The molecule has 1 amide bonds. The summed E-state index contributed by atoms with van der Waals surface area (Å²) in [6, 6.07) is 2.85. The molecular weight excluding hydrogens is 224 g/mol. The van der Waals surface area contributed by atoms with Gasteiger partial charge in [0.2, 0.25) is 5.91 Å². The highest BCUT2D eigenvalue weighted by atomic mass is 16.6. The minimum absolute atomic E-state index is 0.0656. The number of amides is 1. The number of nitrogens with zero attached hydrogens (tertiary/aromatic N) is 1. The van der Waals surface area contributed by atoms with Gasteiger partial charge in [-0.25, -0.2) is 0 Å². The van der Waals surface area contributed by atoms with Crippen LogP contribution in [0.1, 0.15) is 19.4 Å². The van der Waals surface area contributed by atoms with Crippen molar-refractivity contribution in [1.29, 1.82) is 0 Å². The minimum atomic E-state index is -0.924. The molecule has 0 radical (unpaired) electrons. The van der Waals surface area contributed by atoms with Gasteiger partial charge in [0.05, 0.1) is 28.7 Å². The molecule has 0 spiro atoms. The zero-order valence-electron chi connectivity index (χ0n) is 9.73. The summed E-state index contributed by atoms with van der Waals surface area (Å²) >= 11 is 0. The zero-order chi connectivity index (χ0) is 12.8. The van der Waals surface area contributed by atoms with E-state index in [-0.39, 0.29) is 11.6 Å². The lowest BCUT2D eigenvalue weighted by atomic mass is 9.85. The molecule has 0 saturated heterocycles. The van der Waals surface area contributed by atoms with E-state index in [0.29, 0.717) is 17.0 Å². The number of nitrogens with one attached hydrogen (secondary N) is 1. The van der Waals surface area contributed by atoms with Crippen molar-refractivity contribution < 1.29 is 14.5 Å². The third-order valence-electron chi connectivity index (χ3n) is 2.99. The van der Waals surface area contributed by atoms with Gasteiger partial charge >= 0.3 is 0 Å². The van der Waals surface area contributed by atoms with Crippen LogP contribution >= 0.6 is 0 Å². The van der Waals surface area contributed by atoms with Crippen molar-refractivity contribution >= 4 is 17.3 Å². The maximum atomic E-state index is 11.8. The second-order valence-corrected chi connectivity index (χ2v) is 4.37. The highest BCUT2D eigenvalue weighted by Crippen LogP contribution is 2.47. The SMILES string of the molecule is COc1ccc([N+](=O)[O-])c2c1NC(=O)C2(C)C. The molecule has 0 atom stereocenters. The average molecular weight is 236 g/mol. The topological polar surface area (TPSA) is 81.5 Å². The van der Waals surface area contributed by atoms with Crippen LogP contribution in [0.2, 0.25) is 0 Å². The van der Waals surface area contributed by atoms with Crippen molar-refractivity contribution in [2.24, 2.45) is 0 Å². The van der Waals surface area contributed by atoms with Crippen molar-refractivity contribution in [3.63, 3.8) is 0 Å². The first kappa shape index (κ1) is 11.4. The molecule has 1 aliphatic rings. The first-order valence-corrected chi connectivity index (χ1v) is 5.07. The fourth-order valence-corrected chi connectivity index (χ4v) is 2.03. The van der Waals surface area contributed by atoms with Gasteiger partial charge in [0.25, 0.3) is 5.69 Å². The minimum Gasteiger partial charge on any atom is -0.495 e. The van der Waals surface area contributed by atoms with Gasteiger partial charge in [-0.2, -0.15) is 0 Å². The molecule has 6 heteroatoms. The van der Waals surface area contributed by atoms with Crippen LogP contribution in [-0.2, 0) is 10.2 Å². The summed E-state index contributed by atoms with van der Waals surface area (Å²) in [7, 11) is 1.46. The number of carbonyl (C=O) groups excluding carboxylic acids is 1. The van der Waals surface area contributed by atoms with E-state index in [1.807, 2.05) is 0 Å². The first-order chi connectivity index (χ1) is 7.89. The van der Waals surface area contributed by atoms with Crippen LogP contribution < -0.4 is 10.1 Å². The number of nitro benzene ring substituents is 1. The number of anilines is 1. The molecule has 0 bridgehead atoms. The molecular formula is C11H12N2O4. The molecule has 0 aliphatic carbocycles. The maximum absolute atomic E-state index is 11.8. The highest BCUT2D eigenvalue weighted by molar-refractivity contribution is 6.08. The number of methoxy groups -OCH3 is 1. The Morgan fingerprint density at radius 1 is 1.41 bits per heavy atom. The first-order valence-electron chi connectivity index (χ1n) is 5.07. The van der Waals surface area contributed by atoms with Crippen molar-refractivity contribution in [2.45, 2.75) is 19.3 Å². The van der Waals surface area contributed by atoms with Crippen LogP contribution in [0.5, 0.6) is 5.75 Å². The van der Waals surface area contributed by atoms with Crippen molar-refractivity contribution in [1.82, 2.24) is 0 Å². The number of hydrogen-bond acceptors (Lipinski definition) is 4. The third kappa shape index (κ3) is 1.44. The van der Waals surface area contributed by atoms with Gasteiger partial charge in [-0.1, -0.05) is 0 Å². The van der Waals surface area contributed by atoms with Crippen LogP contribution in [0, 0.1) is 10.1 Å². The van der Waals surface area contributed by atoms with E-state index in [9.17, 15) is 14.9 Å². The molecule has 1 aliphatic heterocycles. The van der Waals surface area contributed by atoms with Gasteiger partial charge < -0.3 is 10.1 Å². The number of rotatable bonds is 2. The van der Waals surface area contributed by atoms with Gasteiger partial charge in [0, 0.05) is 6.07 Å². The van der Waals surface area contributed by atoms with Crippen LogP contribution in [0.4, 0.5) is 11.4 Å². The predicted octanol–water partition coefficient (Wildman–Crippen LogP) is 1.83. The van der Waals surface area contributed by atoms with E-state index >= 15 is 0 Å². The molecule has 0 saturated carbocycles. The van der Waals surface area contributed by atoms with E-state index < -0.39 is 10.3 Å². The number of benzene rings is 1. The summed E-state index contributed by atoms with van der Waals surface area (Å²) in [5.74, 6) is 0.171. The molecule has 6 nitrogen and oxygen atoms in total. The number of hydrogen-bond donors (Lipinski definition) is 1. The van der Waals surface area contributed by atoms with Crippen LogP contribution in [0.3, 0.4) is 0 Å². The van der Waals surface area contributed by atoms with Crippen LogP contribution in [0.15, 0.2) is 12.1 Å². The summed E-state index contributed by atoms with van der Waals surface area (Å²) in [6.07, 6.45) is 0. The Bertz CT molecular complexity index is 522. The molecule has 2 rings (SSSR count). The van der Waals surface area contributed by atoms with E-state index in [2.05, 4.69) is 5.32 Å². The Hall–Kier alpha value is -2.11. The molecule has 1 heterocycles. The molecule has 1 aromatic carbocycles. The van der Waals surface area contributed by atoms with E-state index in [4.69, 9.17) is 4.74 Å². The quantitative estimate of drug-likeness (QED) is 0.627. The molecule has 1 N–H and O–H groups in total. The second kappa shape index (κ2) is 3.44. The summed E-state index contributed by atoms with van der Waals surface area (Å²) in [5.41, 5.74) is -0.209. The zero-order valence-corrected chi connectivity index (χ0v) is 9.73. The Labute approximate surface area is 97.7 Å². The maximum Gasteiger partial charge on any atom is 0.276 e. The van der Waals surface area contributed by atoms with Crippen molar-refractivity contribution in [3.8, 4) is 5.75 Å². The fourth-order valence-electron chi connectivity index (χ4n) is 2.03. The number of fused-ring (bicyclic) bond motifs is 1. The summed E-state index contributed by atoms with van der Waals surface area (Å²) in [5, 5.41) is 13.6. The normalized spacial score (nSPS) is 16.3. The summed E-state index contributed by atoms with van der Waals surface area (Å²) in [6.45, 7) is 3.31. The predicted molar refractivity (Wildman–Crippen MR) is 61.3 cm³/mol. The van der Waals surface area contributed by atoms with Gasteiger partial charge in [-0.05, 0) is 19.9 Å².